The molecule has 7 rings (SSSR count). The van der Waals surface area contributed by atoms with Crippen molar-refractivity contribution in [3.63, 3.8) is 0 Å². The number of piperazine rings is 1. The van der Waals surface area contributed by atoms with Crippen molar-refractivity contribution in [1.82, 2.24) is 45.0 Å². The van der Waals surface area contributed by atoms with Crippen LogP contribution in [0.2, 0.25) is 0 Å². The van der Waals surface area contributed by atoms with E-state index in [0.717, 1.165) is 44.7 Å². The maximum Gasteiger partial charge on any atom is 0.324 e. The molecule has 3 aliphatic heterocycles. The number of fused-ring (bicyclic) bond motifs is 6. The van der Waals surface area contributed by atoms with E-state index in [1.165, 1.54) is 27.3 Å². The zero-order valence-corrected chi connectivity index (χ0v) is 39.7. The van der Waals surface area contributed by atoms with Crippen molar-refractivity contribution in [1.29, 1.82) is 0 Å². The van der Waals surface area contributed by atoms with Gasteiger partial charge in [0, 0.05) is 98.9 Å². The molecule has 0 saturated carbocycles. The number of cyclic esters (lactones) is 1. The summed E-state index contributed by atoms with van der Waals surface area (Å²) in [6.07, 6.45) is 4.44. The fourth-order valence-corrected chi connectivity index (χ4v) is 10.2. The van der Waals surface area contributed by atoms with Crippen LogP contribution >= 0.6 is 11.3 Å². The van der Waals surface area contributed by atoms with E-state index in [2.05, 4.69) is 66.9 Å². The van der Waals surface area contributed by atoms with Crippen LogP contribution in [0.25, 0.3) is 33.4 Å². The zero-order valence-electron chi connectivity index (χ0n) is 38.9. The normalized spacial score (nSPS) is 20.2. The van der Waals surface area contributed by atoms with Gasteiger partial charge in [-0.1, -0.05) is 40.3 Å². The van der Waals surface area contributed by atoms with Crippen LogP contribution in [0.15, 0.2) is 54.6 Å². The number of urea groups is 1. The van der Waals surface area contributed by atoms with Crippen LogP contribution in [0, 0.1) is 11.3 Å². The first-order valence-corrected chi connectivity index (χ1v) is 23.5. The first-order chi connectivity index (χ1) is 31.0. The molecule has 65 heavy (non-hydrogen) atoms. The molecule has 4 atom stereocenters. The third kappa shape index (κ3) is 9.97. The average molecular weight is 910 g/mol. The summed E-state index contributed by atoms with van der Waals surface area (Å²) in [4.78, 5) is 83.5. The predicted octanol–water partition coefficient (Wildman–Crippen LogP) is 5.61. The van der Waals surface area contributed by atoms with E-state index >= 15 is 0 Å². The number of benzene rings is 1. The number of aryl methyl sites for hydroxylation is 1. The van der Waals surface area contributed by atoms with Gasteiger partial charge in [0.25, 0.3) is 5.91 Å². The lowest BCUT2D eigenvalue weighted by Crippen LogP contribution is -2.63. The molecule has 0 radical (unpaired) electrons. The largest absolute Gasteiger partial charge is 0.464 e. The summed E-state index contributed by atoms with van der Waals surface area (Å²) in [7, 11) is 3.27. The molecule has 0 spiro atoms. The van der Waals surface area contributed by atoms with E-state index < -0.39 is 41.3 Å². The Kier molecular flexibility index (Phi) is 14.4. The minimum atomic E-state index is -1.09. The summed E-state index contributed by atoms with van der Waals surface area (Å²) in [6.45, 7) is 18.0. The molecule has 5 amide bonds. The van der Waals surface area contributed by atoms with E-state index in [1.807, 2.05) is 32.2 Å². The molecule has 1 aromatic carbocycles. The molecule has 17 heteroatoms. The van der Waals surface area contributed by atoms with Crippen LogP contribution in [-0.4, -0.2) is 136 Å². The smallest absolute Gasteiger partial charge is 0.324 e. The van der Waals surface area contributed by atoms with Gasteiger partial charge in [0.15, 0.2) is 0 Å². The molecule has 3 aliphatic rings. The van der Waals surface area contributed by atoms with E-state index in [4.69, 9.17) is 19.4 Å². The van der Waals surface area contributed by atoms with Gasteiger partial charge in [-0.3, -0.25) is 29.2 Å². The Labute approximate surface area is 385 Å². The summed E-state index contributed by atoms with van der Waals surface area (Å²) in [5.41, 5.74) is 9.25. The van der Waals surface area contributed by atoms with Crippen molar-refractivity contribution >= 4 is 52.0 Å². The average Bonchev–Trinajstić information content (AvgIpc) is 3.90. The number of aromatic nitrogens is 3. The lowest BCUT2D eigenvalue weighted by atomic mass is 9.84. The number of amides is 5. The second kappa shape index (κ2) is 19.8. The molecule has 1 unspecified atom stereocenters. The van der Waals surface area contributed by atoms with E-state index in [1.54, 1.807) is 30.2 Å². The number of methoxy groups -OCH3 is 1. The standard InChI is InChI=1S/C48H63N9O7S/c1-10-40(58)54-20-22-55(23-21-54)47(62)53(8)42(29(3)4)44(59)51-36-25-39-50-37(27-65-39)31-16-17-38-33(24-31)34(43(56(38)11-2)32-14-12-18-49-41(32)30(5)63-9)26-48(6,7)28-64-46(61)35-15-13-19-57(52-35)45(36)60/h10,12,14,16-18,24,27,29-30,35-36,42,52H,1,11,13,15,19-23,25-26,28H2,2-9H3,(H,51,59)/t30-,35-,36-,42?/m0/s1. The number of rotatable bonds is 9. The number of nitrogens with one attached hydrogen (secondary N) is 2. The number of carbonyl (C=O) groups excluding carboxylic acids is 5. The highest BCUT2D eigenvalue weighted by Gasteiger charge is 2.39. The van der Waals surface area contributed by atoms with Gasteiger partial charge in [-0.15, -0.1) is 11.3 Å². The molecule has 2 fully saturated rings. The minimum absolute atomic E-state index is 0.0732. The van der Waals surface area contributed by atoms with Gasteiger partial charge in [-0.2, -0.15) is 0 Å². The van der Waals surface area contributed by atoms with Crippen LogP contribution < -0.4 is 10.7 Å². The van der Waals surface area contributed by atoms with Gasteiger partial charge < -0.3 is 34.1 Å². The summed E-state index contributed by atoms with van der Waals surface area (Å²) >= 11 is 1.40. The van der Waals surface area contributed by atoms with Crippen molar-refractivity contribution < 1.29 is 33.4 Å². The Bertz CT molecular complexity index is 2440. The quantitative estimate of drug-likeness (QED) is 0.159. The second-order valence-electron chi connectivity index (χ2n) is 18.4. The lowest BCUT2D eigenvalue weighted by Gasteiger charge is -2.39. The summed E-state index contributed by atoms with van der Waals surface area (Å²) in [5, 5.41) is 8.08. The fourth-order valence-electron chi connectivity index (χ4n) is 9.34. The molecule has 3 aromatic heterocycles. The monoisotopic (exact) mass is 909 g/mol. The number of ether oxygens (including phenoxy) is 2. The molecule has 0 aliphatic carbocycles. The fraction of sp³-hybridized carbons (Fsp3) is 0.521. The van der Waals surface area contributed by atoms with Gasteiger partial charge in [0.1, 0.15) is 18.1 Å². The van der Waals surface area contributed by atoms with Crippen LogP contribution in [0.3, 0.4) is 0 Å². The molecule has 6 heterocycles. The molecular formula is C48H63N9O7S. The van der Waals surface area contributed by atoms with E-state index in [-0.39, 0.29) is 37.0 Å². The van der Waals surface area contributed by atoms with Crippen molar-refractivity contribution in [2.75, 3.05) is 53.5 Å². The summed E-state index contributed by atoms with van der Waals surface area (Å²) in [6, 6.07) is 7.25. The van der Waals surface area contributed by atoms with Gasteiger partial charge in [-0.05, 0) is 74.9 Å². The second-order valence-corrected chi connectivity index (χ2v) is 19.3. The highest BCUT2D eigenvalue weighted by Crippen LogP contribution is 2.42. The highest BCUT2D eigenvalue weighted by atomic mass is 32.1. The number of likely N-dealkylation sites (N-methyl/N-ethyl adjacent to an activating group) is 1. The number of nitrogens with zero attached hydrogens (tertiary/aromatic N) is 7. The Morgan fingerprint density at radius 3 is 2.54 bits per heavy atom. The molecule has 2 saturated heterocycles. The van der Waals surface area contributed by atoms with Crippen LogP contribution in [0.5, 0.6) is 0 Å². The number of hydrogen-bond donors (Lipinski definition) is 2. The van der Waals surface area contributed by atoms with Crippen LogP contribution in [0.4, 0.5) is 4.79 Å². The third-order valence-electron chi connectivity index (χ3n) is 12.8. The van der Waals surface area contributed by atoms with Crippen molar-refractivity contribution in [2.24, 2.45) is 11.3 Å². The number of pyridine rings is 1. The molecular weight excluding hydrogens is 847 g/mol. The van der Waals surface area contributed by atoms with Gasteiger partial charge in [-0.25, -0.2) is 15.2 Å². The van der Waals surface area contributed by atoms with Gasteiger partial charge in [0.2, 0.25) is 11.8 Å². The number of hydrazine groups is 1. The van der Waals surface area contributed by atoms with Crippen LogP contribution in [-0.2, 0) is 48.0 Å². The molecule has 4 aromatic rings. The first-order valence-electron chi connectivity index (χ1n) is 22.6. The third-order valence-corrected chi connectivity index (χ3v) is 13.7. The zero-order chi connectivity index (χ0) is 46.7. The molecule has 2 N–H and O–H groups in total. The summed E-state index contributed by atoms with van der Waals surface area (Å²) in [5.74, 6) is -1.89. The maximum atomic E-state index is 14.6. The Hall–Kier alpha value is -5.65. The van der Waals surface area contributed by atoms with Gasteiger partial charge in [0.05, 0.1) is 34.8 Å². The van der Waals surface area contributed by atoms with Gasteiger partial charge >= 0.3 is 12.0 Å². The number of carbonyl (C=O) groups is 5. The lowest BCUT2D eigenvalue weighted by molar-refractivity contribution is -0.155. The van der Waals surface area contributed by atoms with Crippen molar-refractivity contribution in [3.8, 4) is 22.5 Å². The maximum absolute atomic E-state index is 14.6. The Morgan fingerprint density at radius 1 is 1.11 bits per heavy atom. The molecule has 16 nitrogen and oxygen atoms in total. The van der Waals surface area contributed by atoms with Crippen molar-refractivity contribution in [2.45, 2.75) is 98.0 Å². The van der Waals surface area contributed by atoms with E-state index in [9.17, 15) is 24.0 Å². The Morgan fingerprint density at radius 2 is 1.85 bits per heavy atom. The molecule has 348 valence electrons. The number of esters is 1. The predicted molar refractivity (Wildman–Crippen MR) is 249 cm³/mol. The summed E-state index contributed by atoms with van der Waals surface area (Å²) < 4.78 is 14.2. The highest BCUT2D eigenvalue weighted by molar-refractivity contribution is 7.10. The van der Waals surface area contributed by atoms with Crippen LogP contribution in [0.1, 0.15) is 76.8 Å². The molecule has 6 bridgehead atoms. The Balaban J connectivity index is 1.25. The van der Waals surface area contributed by atoms with E-state index in [0.29, 0.717) is 63.5 Å². The minimum Gasteiger partial charge on any atom is -0.464 e. The number of thiazole rings is 1. The SMILES string of the molecule is C=CC(=O)N1CCN(C(=O)N(C)C(C(=O)N[C@H]2Cc3nc(cs3)-c3ccc4c(c3)c(c(-c3cccnc3[C@H](C)OC)n4CC)CC(C)(C)COC(=O)[C@@H]3CCCN(N3)C2=O)C(C)C)CC1. The number of hydrogen-bond acceptors (Lipinski definition) is 11. The van der Waals surface area contributed by atoms with Crippen molar-refractivity contribution in [3.05, 3.63) is 70.8 Å². The topological polar surface area (TPSA) is 172 Å². The first kappa shape index (κ1) is 47.3.